The molecule has 7 nitrogen and oxygen atoms in total. The molecule has 1 aromatic carbocycles. The first-order chi connectivity index (χ1) is 12.0. The minimum absolute atomic E-state index is 0.119. The van der Waals surface area contributed by atoms with Gasteiger partial charge in [-0.25, -0.2) is 9.78 Å². The van der Waals surface area contributed by atoms with Crippen LogP contribution in [0.1, 0.15) is 28.5 Å². The lowest BCUT2D eigenvalue weighted by atomic mass is 10.1. The van der Waals surface area contributed by atoms with Gasteiger partial charge < -0.3 is 9.47 Å². The van der Waals surface area contributed by atoms with Crippen molar-refractivity contribution in [2.75, 3.05) is 19.1 Å². The van der Waals surface area contributed by atoms with E-state index in [1.807, 2.05) is 0 Å². The molecule has 0 fully saturated rings. The van der Waals surface area contributed by atoms with E-state index in [0.29, 0.717) is 33.0 Å². The first-order valence-corrected chi connectivity index (χ1v) is 8.98. The van der Waals surface area contributed by atoms with Crippen molar-refractivity contribution in [3.8, 4) is 0 Å². The zero-order valence-electron chi connectivity index (χ0n) is 13.6. The Balaban J connectivity index is 2.05. The maximum atomic E-state index is 11.9. The quantitative estimate of drug-likeness (QED) is 0.415. The van der Waals surface area contributed by atoms with Crippen molar-refractivity contribution in [2.45, 2.75) is 13.3 Å². The Labute approximate surface area is 157 Å². The molecule has 0 amide bonds. The maximum absolute atomic E-state index is 11.9. The fourth-order valence-corrected chi connectivity index (χ4v) is 3.12. The second-order valence-corrected chi connectivity index (χ2v) is 6.40. The zero-order valence-corrected chi connectivity index (χ0v) is 16.0. The molecule has 1 N–H and O–H groups in total. The number of carbonyl (C=O) groups is 2. The fourth-order valence-electron chi connectivity index (χ4n) is 1.92. The molecule has 1 heterocycles. The summed E-state index contributed by atoms with van der Waals surface area (Å²) in [5.74, 6) is -0.778. The van der Waals surface area contributed by atoms with Crippen LogP contribution in [-0.2, 0) is 20.7 Å². The molecule has 2 aromatic rings. The number of benzene rings is 1. The summed E-state index contributed by atoms with van der Waals surface area (Å²) in [4.78, 5) is 27.5. The van der Waals surface area contributed by atoms with Gasteiger partial charge in [0.15, 0.2) is 0 Å². The SMILES string of the molecule is CCOC(=O)Cc1csc(NN=Cc2cccc(Br)c2C(=O)OC)n1. The van der Waals surface area contributed by atoms with Crippen molar-refractivity contribution in [1.82, 2.24) is 4.98 Å². The number of nitrogens with zero attached hydrogens (tertiary/aromatic N) is 2. The number of halogens is 1. The van der Waals surface area contributed by atoms with Gasteiger partial charge >= 0.3 is 11.9 Å². The van der Waals surface area contributed by atoms with Gasteiger partial charge in [-0.05, 0) is 28.9 Å². The number of hydrogen-bond acceptors (Lipinski definition) is 8. The highest BCUT2D eigenvalue weighted by molar-refractivity contribution is 9.10. The van der Waals surface area contributed by atoms with Crippen LogP contribution in [0.4, 0.5) is 5.13 Å². The summed E-state index contributed by atoms with van der Waals surface area (Å²) < 4.78 is 10.3. The van der Waals surface area contributed by atoms with E-state index in [9.17, 15) is 9.59 Å². The van der Waals surface area contributed by atoms with Crippen molar-refractivity contribution >= 4 is 50.6 Å². The van der Waals surface area contributed by atoms with Gasteiger partial charge in [-0.1, -0.05) is 12.1 Å². The molecule has 25 heavy (non-hydrogen) atoms. The van der Waals surface area contributed by atoms with Crippen LogP contribution in [0.15, 0.2) is 33.2 Å². The van der Waals surface area contributed by atoms with Gasteiger partial charge in [-0.2, -0.15) is 5.10 Å². The Hall–Kier alpha value is -2.26. The van der Waals surface area contributed by atoms with Crippen molar-refractivity contribution in [3.05, 3.63) is 44.9 Å². The largest absolute Gasteiger partial charge is 0.466 e. The molecular weight excluding hydrogens is 410 g/mol. The lowest BCUT2D eigenvalue weighted by Crippen LogP contribution is -2.08. The molecule has 2 rings (SSSR count). The van der Waals surface area contributed by atoms with Crippen molar-refractivity contribution in [1.29, 1.82) is 0 Å². The minimum atomic E-state index is -0.458. The lowest BCUT2D eigenvalue weighted by Gasteiger charge is -2.05. The van der Waals surface area contributed by atoms with Crippen LogP contribution >= 0.6 is 27.3 Å². The molecule has 0 saturated carbocycles. The third kappa shape index (κ3) is 5.36. The molecule has 0 unspecified atom stereocenters. The summed E-state index contributed by atoms with van der Waals surface area (Å²) in [6.45, 7) is 2.10. The first-order valence-electron chi connectivity index (χ1n) is 7.31. The molecule has 0 spiro atoms. The number of esters is 2. The Bertz CT molecular complexity index is 791. The Kier molecular flexibility index (Phi) is 7.08. The average Bonchev–Trinajstić information content (AvgIpc) is 3.02. The van der Waals surface area contributed by atoms with E-state index >= 15 is 0 Å². The molecule has 0 radical (unpaired) electrons. The van der Waals surface area contributed by atoms with Crippen LogP contribution in [0.3, 0.4) is 0 Å². The van der Waals surface area contributed by atoms with Crippen LogP contribution in [-0.4, -0.2) is 36.9 Å². The number of anilines is 1. The van der Waals surface area contributed by atoms with Crippen LogP contribution < -0.4 is 5.43 Å². The number of ether oxygens (including phenoxy) is 2. The molecule has 0 aliphatic rings. The minimum Gasteiger partial charge on any atom is -0.466 e. The maximum Gasteiger partial charge on any atom is 0.339 e. The van der Waals surface area contributed by atoms with Gasteiger partial charge in [0.25, 0.3) is 0 Å². The number of rotatable bonds is 7. The molecule has 9 heteroatoms. The molecular formula is C16H16BrN3O4S. The van der Waals surface area contributed by atoms with Crippen molar-refractivity contribution in [2.24, 2.45) is 5.10 Å². The second-order valence-electron chi connectivity index (χ2n) is 4.69. The van der Waals surface area contributed by atoms with Crippen LogP contribution in [0, 0.1) is 0 Å². The molecule has 0 bridgehead atoms. The van der Waals surface area contributed by atoms with E-state index in [4.69, 9.17) is 9.47 Å². The molecule has 0 saturated heterocycles. The lowest BCUT2D eigenvalue weighted by molar-refractivity contribution is -0.142. The highest BCUT2D eigenvalue weighted by atomic mass is 79.9. The number of hydrogen-bond donors (Lipinski definition) is 1. The smallest absolute Gasteiger partial charge is 0.339 e. The summed E-state index contributed by atoms with van der Waals surface area (Å²) in [5, 5.41) is 6.38. The van der Waals surface area contributed by atoms with Gasteiger partial charge in [0, 0.05) is 15.4 Å². The highest BCUT2D eigenvalue weighted by Crippen LogP contribution is 2.21. The Morgan fingerprint density at radius 2 is 2.24 bits per heavy atom. The normalized spacial score (nSPS) is 10.7. The van der Waals surface area contributed by atoms with E-state index in [1.54, 1.807) is 30.5 Å². The van der Waals surface area contributed by atoms with Crippen molar-refractivity contribution in [3.63, 3.8) is 0 Å². The van der Waals surface area contributed by atoms with Gasteiger partial charge in [0.05, 0.1) is 37.6 Å². The highest BCUT2D eigenvalue weighted by Gasteiger charge is 2.14. The van der Waals surface area contributed by atoms with E-state index in [1.165, 1.54) is 24.7 Å². The summed E-state index contributed by atoms with van der Waals surface area (Å²) >= 11 is 4.65. The van der Waals surface area contributed by atoms with E-state index in [0.717, 1.165) is 0 Å². The van der Waals surface area contributed by atoms with Crippen LogP contribution in [0.25, 0.3) is 0 Å². The van der Waals surface area contributed by atoms with Gasteiger partial charge in [0.1, 0.15) is 0 Å². The van der Waals surface area contributed by atoms with E-state index < -0.39 is 5.97 Å². The summed E-state index contributed by atoms with van der Waals surface area (Å²) in [5.41, 5.74) is 4.37. The Morgan fingerprint density at radius 3 is 2.96 bits per heavy atom. The summed E-state index contributed by atoms with van der Waals surface area (Å²) in [6.07, 6.45) is 1.62. The molecule has 0 atom stereocenters. The fraction of sp³-hybridized carbons (Fsp3) is 0.250. The summed E-state index contributed by atoms with van der Waals surface area (Å²) in [6, 6.07) is 5.29. The number of methoxy groups -OCH3 is 1. The number of carbonyl (C=O) groups excluding carboxylic acids is 2. The number of hydrazone groups is 1. The molecule has 0 aliphatic heterocycles. The molecule has 1 aromatic heterocycles. The van der Waals surface area contributed by atoms with Gasteiger partial charge in [0.2, 0.25) is 5.13 Å². The van der Waals surface area contributed by atoms with Gasteiger partial charge in [-0.15, -0.1) is 11.3 Å². The zero-order chi connectivity index (χ0) is 18.2. The average molecular weight is 426 g/mol. The third-order valence-electron chi connectivity index (χ3n) is 2.98. The van der Waals surface area contributed by atoms with Crippen molar-refractivity contribution < 1.29 is 19.1 Å². The summed E-state index contributed by atoms with van der Waals surface area (Å²) in [7, 11) is 1.32. The topological polar surface area (TPSA) is 89.9 Å². The Morgan fingerprint density at radius 1 is 1.44 bits per heavy atom. The van der Waals surface area contributed by atoms with Crippen LogP contribution in [0.5, 0.6) is 0 Å². The predicted octanol–water partition coefficient (Wildman–Crippen LogP) is 3.24. The standard InChI is InChI=1S/C16H16BrN3O4S/c1-3-24-13(21)7-11-9-25-16(19-11)20-18-8-10-5-4-6-12(17)14(10)15(22)23-2/h4-6,8-9H,3,7H2,1-2H3,(H,19,20). The number of aromatic nitrogens is 1. The molecule has 132 valence electrons. The monoisotopic (exact) mass is 425 g/mol. The molecule has 0 aliphatic carbocycles. The van der Waals surface area contributed by atoms with Gasteiger partial charge in [-0.3, -0.25) is 10.2 Å². The second kappa shape index (κ2) is 9.28. The van der Waals surface area contributed by atoms with E-state index in [-0.39, 0.29) is 12.4 Å². The predicted molar refractivity (Wildman–Crippen MR) is 99.1 cm³/mol. The van der Waals surface area contributed by atoms with E-state index in [2.05, 4.69) is 31.4 Å². The number of nitrogens with one attached hydrogen (secondary N) is 1. The van der Waals surface area contributed by atoms with Crippen LogP contribution in [0.2, 0.25) is 0 Å². The third-order valence-corrected chi connectivity index (χ3v) is 4.44. The number of thiazole rings is 1. The first kappa shape index (κ1) is 19.1.